The van der Waals surface area contributed by atoms with Crippen LogP contribution < -0.4 is 4.74 Å². The molecular formula is C15H18BrNO. The zero-order valence-corrected chi connectivity index (χ0v) is 12.4. The minimum absolute atomic E-state index is 0.241. The van der Waals surface area contributed by atoms with Gasteiger partial charge in [0.15, 0.2) is 0 Å². The van der Waals surface area contributed by atoms with E-state index >= 15 is 0 Å². The molecule has 1 fully saturated rings. The van der Waals surface area contributed by atoms with Crippen LogP contribution in [-0.2, 0) is 0 Å². The second-order valence-corrected chi connectivity index (χ2v) is 6.33. The molecule has 1 aromatic carbocycles. The molecule has 3 heteroatoms. The summed E-state index contributed by atoms with van der Waals surface area (Å²) in [5.74, 6) is 2.12. The third kappa shape index (κ3) is 3.26. The summed E-state index contributed by atoms with van der Waals surface area (Å²) in [6, 6.07) is 7.75. The third-order valence-electron chi connectivity index (χ3n) is 3.49. The summed E-state index contributed by atoms with van der Waals surface area (Å²) in [5.41, 5.74) is 0.615. The number of ether oxygens (including phenoxy) is 1. The maximum atomic E-state index is 9.10. The molecule has 0 heterocycles. The van der Waals surface area contributed by atoms with Gasteiger partial charge in [0, 0.05) is 4.47 Å². The highest BCUT2D eigenvalue weighted by Gasteiger charge is 2.25. The fourth-order valence-corrected chi connectivity index (χ4v) is 3.18. The highest BCUT2D eigenvalue weighted by molar-refractivity contribution is 9.10. The first kappa shape index (κ1) is 13.4. The van der Waals surface area contributed by atoms with Crippen LogP contribution in [0.4, 0.5) is 0 Å². The molecule has 1 aliphatic carbocycles. The van der Waals surface area contributed by atoms with E-state index in [-0.39, 0.29) is 6.10 Å². The van der Waals surface area contributed by atoms with E-state index in [1.165, 1.54) is 6.42 Å². The molecule has 2 rings (SSSR count). The summed E-state index contributed by atoms with van der Waals surface area (Å²) >= 11 is 3.42. The van der Waals surface area contributed by atoms with Crippen molar-refractivity contribution in [1.29, 1.82) is 5.26 Å². The van der Waals surface area contributed by atoms with Crippen LogP contribution in [0, 0.1) is 23.2 Å². The van der Waals surface area contributed by atoms with Gasteiger partial charge >= 0.3 is 0 Å². The molecule has 0 radical (unpaired) electrons. The maximum Gasteiger partial charge on any atom is 0.138 e. The first-order valence-corrected chi connectivity index (χ1v) is 7.24. The van der Waals surface area contributed by atoms with E-state index in [9.17, 15) is 0 Å². The first-order valence-electron chi connectivity index (χ1n) is 6.44. The van der Waals surface area contributed by atoms with Gasteiger partial charge in [-0.1, -0.05) is 29.8 Å². The van der Waals surface area contributed by atoms with Crippen molar-refractivity contribution in [1.82, 2.24) is 0 Å². The van der Waals surface area contributed by atoms with Gasteiger partial charge < -0.3 is 4.74 Å². The number of nitriles is 1. The van der Waals surface area contributed by atoms with Crippen LogP contribution in [0.3, 0.4) is 0 Å². The van der Waals surface area contributed by atoms with Gasteiger partial charge in [-0.25, -0.2) is 0 Å². The van der Waals surface area contributed by atoms with Gasteiger partial charge in [-0.3, -0.25) is 0 Å². The Kier molecular flexibility index (Phi) is 4.29. The summed E-state index contributed by atoms with van der Waals surface area (Å²) in [6.07, 6.45) is 3.69. The Labute approximate surface area is 117 Å². The van der Waals surface area contributed by atoms with Crippen LogP contribution in [-0.4, -0.2) is 6.10 Å². The van der Waals surface area contributed by atoms with Crippen molar-refractivity contribution in [3.05, 3.63) is 28.2 Å². The van der Waals surface area contributed by atoms with Crippen LogP contribution in [0.25, 0.3) is 0 Å². The number of hydrogen-bond acceptors (Lipinski definition) is 2. The molecule has 0 N–H and O–H groups in total. The number of nitrogens with zero attached hydrogens (tertiary/aromatic N) is 1. The average molecular weight is 308 g/mol. The molecule has 0 aromatic heterocycles. The monoisotopic (exact) mass is 307 g/mol. The van der Waals surface area contributed by atoms with Crippen LogP contribution >= 0.6 is 15.9 Å². The molecule has 0 saturated heterocycles. The van der Waals surface area contributed by atoms with Gasteiger partial charge in [-0.2, -0.15) is 5.26 Å². The minimum Gasteiger partial charge on any atom is -0.489 e. The van der Waals surface area contributed by atoms with Crippen LogP contribution in [0.5, 0.6) is 5.75 Å². The summed E-state index contributed by atoms with van der Waals surface area (Å²) in [4.78, 5) is 0. The Morgan fingerprint density at radius 1 is 1.22 bits per heavy atom. The molecule has 0 aliphatic heterocycles. The predicted molar refractivity (Wildman–Crippen MR) is 75.5 cm³/mol. The van der Waals surface area contributed by atoms with Crippen molar-refractivity contribution in [3.8, 4) is 11.8 Å². The van der Waals surface area contributed by atoms with Crippen molar-refractivity contribution in [3.63, 3.8) is 0 Å². The van der Waals surface area contributed by atoms with E-state index in [1.807, 2.05) is 12.1 Å². The number of rotatable bonds is 2. The normalized spacial score (nSPS) is 27.6. The largest absolute Gasteiger partial charge is 0.489 e. The molecule has 2 nitrogen and oxygen atoms in total. The Morgan fingerprint density at radius 2 is 1.89 bits per heavy atom. The van der Waals surface area contributed by atoms with Gasteiger partial charge in [0.1, 0.15) is 11.8 Å². The minimum atomic E-state index is 0.241. The first-order chi connectivity index (χ1) is 8.58. The van der Waals surface area contributed by atoms with E-state index in [2.05, 4.69) is 35.8 Å². The molecule has 2 unspecified atom stereocenters. The molecule has 0 amide bonds. The van der Waals surface area contributed by atoms with E-state index < -0.39 is 0 Å². The van der Waals surface area contributed by atoms with Gasteiger partial charge in [-0.05, 0) is 49.3 Å². The molecule has 96 valence electrons. The average Bonchev–Trinajstić information content (AvgIpc) is 2.27. The van der Waals surface area contributed by atoms with Crippen molar-refractivity contribution in [2.75, 3.05) is 0 Å². The second kappa shape index (κ2) is 5.75. The molecule has 1 aliphatic rings. The summed E-state index contributed by atoms with van der Waals surface area (Å²) in [6.45, 7) is 4.55. The van der Waals surface area contributed by atoms with Crippen LogP contribution in [0.1, 0.15) is 38.7 Å². The van der Waals surface area contributed by atoms with E-state index in [0.29, 0.717) is 23.1 Å². The van der Waals surface area contributed by atoms with Gasteiger partial charge in [0.25, 0.3) is 0 Å². The van der Waals surface area contributed by atoms with Crippen molar-refractivity contribution >= 4 is 15.9 Å². The number of halogens is 1. The lowest BCUT2D eigenvalue weighted by atomic mass is 9.82. The fraction of sp³-hybridized carbons (Fsp3) is 0.533. The zero-order valence-electron chi connectivity index (χ0n) is 10.8. The molecule has 1 saturated carbocycles. The van der Waals surface area contributed by atoms with E-state index in [1.54, 1.807) is 6.07 Å². The Balaban J connectivity index is 2.13. The van der Waals surface area contributed by atoms with Crippen molar-refractivity contribution < 1.29 is 4.74 Å². The topological polar surface area (TPSA) is 33.0 Å². The lowest BCUT2D eigenvalue weighted by Gasteiger charge is -2.31. The van der Waals surface area contributed by atoms with Crippen molar-refractivity contribution in [2.45, 2.75) is 39.2 Å². The molecular weight excluding hydrogens is 290 g/mol. The van der Waals surface area contributed by atoms with Gasteiger partial charge in [-0.15, -0.1) is 0 Å². The standard InChI is InChI=1S/C15H18BrNO/c1-10-5-11(2)7-14(6-10)18-15-8-13(16)4-3-12(15)9-17/h3-4,8,10-11,14H,5-7H2,1-2H3. The quantitative estimate of drug-likeness (QED) is 0.804. The highest BCUT2D eigenvalue weighted by Crippen LogP contribution is 2.33. The third-order valence-corrected chi connectivity index (χ3v) is 3.99. The summed E-state index contributed by atoms with van der Waals surface area (Å²) in [5, 5.41) is 9.10. The molecule has 18 heavy (non-hydrogen) atoms. The molecule has 1 aromatic rings. The smallest absolute Gasteiger partial charge is 0.138 e. The lowest BCUT2D eigenvalue weighted by Crippen LogP contribution is -2.28. The fourth-order valence-electron chi connectivity index (χ4n) is 2.83. The molecule has 2 atom stereocenters. The predicted octanol–water partition coefficient (Wildman–Crippen LogP) is 4.52. The summed E-state index contributed by atoms with van der Waals surface area (Å²) in [7, 11) is 0. The zero-order chi connectivity index (χ0) is 13.1. The van der Waals surface area contributed by atoms with Gasteiger partial charge in [0.2, 0.25) is 0 Å². The maximum absolute atomic E-state index is 9.10. The SMILES string of the molecule is CC1CC(C)CC(Oc2cc(Br)ccc2C#N)C1. The highest BCUT2D eigenvalue weighted by atomic mass is 79.9. The van der Waals surface area contributed by atoms with Crippen LogP contribution in [0.2, 0.25) is 0 Å². The number of benzene rings is 1. The lowest BCUT2D eigenvalue weighted by molar-refractivity contribution is 0.101. The van der Waals surface area contributed by atoms with Crippen LogP contribution in [0.15, 0.2) is 22.7 Å². The Morgan fingerprint density at radius 3 is 2.50 bits per heavy atom. The molecule has 0 spiro atoms. The molecule has 0 bridgehead atoms. The second-order valence-electron chi connectivity index (χ2n) is 5.41. The van der Waals surface area contributed by atoms with Gasteiger partial charge in [0.05, 0.1) is 11.7 Å². The van der Waals surface area contributed by atoms with Crippen molar-refractivity contribution in [2.24, 2.45) is 11.8 Å². The van der Waals surface area contributed by atoms with E-state index in [4.69, 9.17) is 10.00 Å². The Bertz CT molecular complexity index is 456. The number of hydrogen-bond donors (Lipinski definition) is 0. The summed E-state index contributed by atoms with van der Waals surface area (Å²) < 4.78 is 7.00. The Hall–Kier alpha value is -1.01. The van der Waals surface area contributed by atoms with E-state index in [0.717, 1.165) is 17.3 Å².